The fourth-order valence-electron chi connectivity index (χ4n) is 2.69. The molecule has 0 fully saturated rings. The first-order valence-electron chi connectivity index (χ1n) is 7.83. The van der Waals surface area contributed by atoms with E-state index in [-0.39, 0.29) is 24.5 Å². The average Bonchev–Trinajstić information content (AvgIpc) is 3.23. The Labute approximate surface area is 139 Å². The predicted molar refractivity (Wildman–Crippen MR) is 91.6 cm³/mol. The molecule has 1 heterocycles. The highest BCUT2D eigenvalue weighted by molar-refractivity contribution is 7.09. The summed E-state index contributed by atoms with van der Waals surface area (Å²) in [5, 5.41) is 14.9. The van der Waals surface area contributed by atoms with Gasteiger partial charge in [0.05, 0.1) is 5.01 Å². The van der Waals surface area contributed by atoms with Crippen LogP contribution in [-0.4, -0.2) is 28.6 Å². The van der Waals surface area contributed by atoms with Gasteiger partial charge in [0.15, 0.2) is 0 Å². The normalized spacial score (nSPS) is 19.9. The number of thiazole rings is 1. The lowest BCUT2D eigenvalue weighted by atomic mass is 10.1. The molecule has 0 aliphatic heterocycles. The summed E-state index contributed by atoms with van der Waals surface area (Å²) >= 11 is 1.53. The number of hydrogen-bond donors (Lipinski definition) is 2. The van der Waals surface area contributed by atoms with E-state index in [2.05, 4.69) is 22.4 Å². The third-order valence-corrected chi connectivity index (χ3v) is 4.89. The fraction of sp³-hybridized carbons (Fsp3) is 0.333. The molecule has 2 aromatic rings. The largest absolute Gasteiger partial charge is 0.396 e. The van der Waals surface area contributed by atoms with E-state index in [4.69, 9.17) is 5.11 Å². The molecule has 3 rings (SSSR count). The van der Waals surface area contributed by atoms with Crippen molar-refractivity contribution in [3.05, 3.63) is 64.1 Å². The second-order valence-electron chi connectivity index (χ2n) is 5.76. The van der Waals surface area contributed by atoms with Crippen molar-refractivity contribution in [3.8, 4) is 0 Å². The van der Waals surface area contributed by atoms with Gasteiger partial charge in [0.25, 0.3) is 5.91 Å². The molecule has 1 aromatic heterocycles. The molecule has 0 bridgehead atoms. The Kier molecular flexibility index (Phi) is 5.20. The number of benzene rings is 1. The molecule has 2 N–H and O–H groups in total. The minimum absolute atomic E-state index is 0.00545. The molecule has 4 nitrogen and oxygen atoms in total. The molecular formula is C18H20N2O2S. The van der Waals surface area contributed by atoms with Crippen LogP contribution < -0.4 is 5.32 Å². The number of nitrogens with one attached hydrogen (secondary N) is 1. The second-order valence-corrected chi connectivity index (χ2v) is 6.70. The lowest BCUT2D eigenvalue weighted by Crippen LogP contribution is -2.33. The summed E-state index contributed by atoms with van der Waals surface area (Å²) in [6, 6.07) is 10.3. The third-order valence-electron chi connectivity index (χ3n) is 3.98. The Morgan fingerprint density at radius 2 is 2.09 bits per heavy atom. The van der Waals surface area contributed by atoms with E-state index < -0.39 is 0 Å². The van der Waals surface area contributed by atoms with Crippen molar-refractivity contribution >= 4 is 17.2 Å². The summed E-state index contributed by atoms with van der Waals surface area (Å²) in [5.74, 6) is 0.0117. The van der Waals surface area contributed by atoms with Crippen LogP contribution in [0.2, 0.25) is 0 Å². The van der Waals surface area contributed by atoms with Gasteiger partial charge in [-0.1, -0.05) is 42.5 Å². The maximum Gasteiger partial charge on any atom is 0.271 e. The molecule has 0 saturated heterocycles. The van der Waals surface area contributed by atoms with Crippen molar-refractivity contribution in [2.24, 2.45) is 5.92 Å². The van der Waals surface area contributed by atoms with Crippen LogP contribution in [0.3, 0.4) is 0 Å². The Balaban J connectivity index is 1.52. The van der Waals surface area contributed by atoms with Gasteiger partial charge in [-0.15, -0.1) is 11.3 Å². The average molecular weight is 328 g/mol. The van der Waals surface area contributed by atoms with Gasteiger partial charge in [-0.3, -0.25) is 4.79 Å². The summed E-state index contributed by atoms with van der Waals surface area (Å²) in [4.78, 5) is 16.7. The molecule has 1 amide bonds. The van der Waals surface area contributed by atoms with Crippen LogP contribution >= 0.6 is 11.3 Å². The van der Waals surface area contributed by atoms with Crippen LogP contribution in [0.4, 0.5) is 0 Å². The first kappa shape index (κ1) is 15.9. The predicted octanol–water partition coefficient (Wildman–Crippen LogP) is 2.60. The van der Waals surface area contributed by atoms with Gasteiger partial charge in [-0.05, 0) is 18.4 Å². The van der Waals surface area contributed by atoms with E-state index in [0.717, 1.165) is 24.3 Å². The molecule has 120 valence electrons. The molecule has 1 aliphatic rings. The van der Waals surface area contributed by atoms with Gasteiger partial charge in [0.1, 0.15) is 5.69 Å². The zero-order valence-corrected chi connectivity index (χ0v) is 13.6. The standard InChI is InChI=1S/C18H20N2O2S/c21-11-14-6-8-15(10-14)19-18(22)16-12-23-17(20-16)9-7-13-4-2-1-3-5-13/h1-6,8,12,14-15,21H,7,9-11H2,(H,19,22)/t14-,15+/m0/s1. The van der Waals surface area contributed by atoms with Crippen LogP contribution in [0.5, 0.6) is 0 Å². The van der Waals surface area contributed by atoms with Crippen LogP contribution in [0, 0.1) is 5.92 Å². The SMILES string of the molecule is O=C(N[C@@H]1C=C[C@H](CO)C1)c1csc(CCc2ccccc2)n1. The first-order chi connectivity index (χ1) is 11.2. The Bertz CT molecular complexity index is 681. The minimum atomic E-state index is -0.138. The van der Waals surface area contributed by atoms with Crippen LogP contribution in [0.1, 0.15) is 27.5 Å². The smallest absolute Gasteiger partial charge is 0.271 e. The summed E-state index contributed by atoms with van der Waals surface area (Å²) in [6.07, 6.45) is 6.43. The Morgan fingerprint density at radius 1 is 1.26 bits per heavy atom. The molecular weight excluding hydrogens is 308 g/mol. The number of rotatable bonds is 6. The molecule has 5 heteroatoms. The zero-order chi connectivity index (χ0) is 16.1. The topological polar surface area (TPSA) is 62.2 Å². The maximum absolute atomic E-state index is 12.2. The van der Waals surface area contributed by atoms with E-state index in [9.17, 15) is 4.79 Å². The van der Waals surface area contributed by atoms with Crippen LogP contribution in [0.15, 0.2) is 47.9 Å². The van der Waals surface area contributed by atoms with Crippen LogP contribution in [0.25, 0.3) is 0 Å². The van der Waals surface area contributed by atoms with Crippen molar-refractivity contribution in [1.29, 1.82) is 0 Å². The summed E-state index contributed by atoms with van der Waals surface area (Å²) in [7, 11) is 0. The molecule has 2 atom stereocenters. The maximum atomic E-state index is 12.2. The highest BCUT2D eigenvalue weighted by Crippen LogP contribution is 2.18. The van der Waals surface area contributed by atoms with Gasteiger partial charge >= 0.3 is 0 Å². The Hall–Kier alpha value is -1.98. The van der Waals surface area contributed by atoms with E-state index in [1.807, 2.05) is 35.7 Å². The van der Waals surface area contributed by atoms with Crippen molar-refractivity contribution in [2.45, 2.75) is 25.3 Å². The van der Waals surface area contributed by atoms with Gasteiger partial charge in [-0.25, -0.2) is 4.98 Å². The molecule has 0 unspecified atom stereocenters. The van der Waals surface area contributed by atoms with Crippen LogP contribution in [-0.2, 0) is 12.8 Å². The summed E-state index contributed by atoms with van der Waals surface area (Å²) < 4.78 is 0. The number of aliphatic hydroxyl groups excluding tert-OH is 1. The first-order valence-corrected chi connectivity index (χ1v) is 8.71. The Morgan fingerprint density at radius 3 is 2.83 bits per heavy atom. The number of carbonyl (C=O) groups excluding carboxylic acids is 1. The number of carbonyl (C=O) groups is 1. The lowest BCUT2D eigenvalue weighted by molar-refractivity contribution is 0.0936. The summed E-state index contributed by atoms with van der Waals surface area (Å²) in [5.41, 5.74) is 1.76. The fourth-order valence-corrected chi connectivity index (χ4v) is 3.46. The van der Waals surface area contributed by atoms with Crippen molar-refractivity contribution < 1.29 is 9.90 Å². The molecule has 0 radical (unpaired) electrons. The number of aryl methyl sites for hydroxylation is 2. The lowest BCUT2D eigenvalue weighted by Gasteiger charge is -2.11. The zero-order valence-electron chi connectivity index (χ0n) is 12.8. The number of aromatic nitrogens is 1. The highest BCUT2D eigenvalue weighted by Gasteiger charge is 2.21. The van der Waals surface area contributed by atoms with Gasteiger partial charge in [0, 0.05) is 30.4 Å². The van der Waals surface area contributed by atoms with Crippen molar-refractivity contribution in [3.63, 3.8) is 0 Å². The minimum Gasteiger partial charge on any atom is -0.396 e. The molecule has 0 saturated carbocycles. The number of hydrogen-bond acceptors (Lipinski definition) is 4. The van der Waals surface area contributed by atoms with E-state index in [1.54, 1.807) is 0 Å². The monoisotopic (exact) mass is 328 g/mol. The van der Waals surface area contributed by atoms with E-state index in [1.165, 1.54) is 16.9 Å². The number of amides is 1. The van der Waals surface area contributed by atoms with E-state index in [0.29, 0.717) is 5.69 Å². The van der Waals surface area contributed by atoms with Gasteiger partial charge in [0.2, 0.25) is 0 Å². The third kappa shape index (κ3) is 4.27. The highest BCUT2D eigenvalue weighted by atomic mass is 32.1. The molecule has 1 aliphatic carbocycles. The molecule has 23 heavy (non-hydrogen) atoms. The second kappa shape index (κ2) is 7.53. The van der Waals surface area contributed by atoms with Gasteiger partial charge in [-0.2, -0.15) is 0 Å². The number of nitrogens with zero attached hydrogens (tertiary/aromatic N) is 1. The quantitative estimate of drug-likeness (QED) is 0.801. The summed E-state index contributed by atoms with van der Waals surface area (Å²) in [6.45, 7) is 0.128. The van der Waals surface area contributed by atoms with Gasteiger partial charge < -0.3 is 10.4 Å². The molecule has 1 aromatic carbocycles. The number of aliphatic hydroxyl groups is 1. The van der Waals surface area contributed by atoms with E-state index >= 15 is 0 Å². The van der Waals surface area contributed by atoms with Crippen molar-refractivity contribution in [2.75, 3.05) is 6.61 Å². The van der Waals surface area contributed by atoms with Crippen molar-refractivity contribution in [1.82, 2.24) is 10.3 Å². The molecule has 0 spiro atoms.